The standard InChI is InChI=1S/C15H20FN3O2/c1-15(2,14(18)21)7-11(17)9-5-8-3-4-13(20)19-12(8)6-10(9)16/h5-6,11H,3-4,7,17H2,1-2H3,(H2,18,21)(H,19,20). The number of primary amides is 1. The number of carbonyl (C=O) groups is 2. The third-order valence-corrected chi connectivity index (χ3v) is 3.91. The molecule has 0 spiro atoms. The van der Waals surface area contributed by atoms with Crippen molar-refractivity contribution in [2.45, 2.75) is 39.2 Å². The van der Waals surface area contributed by atoms with E-state index in [2.05, 4.69) is 5.32 Å². The minimum atomic E-state index is -0.810. The molecule has 1 atom stereocenters. The SMILES string of the molecule is CC(C)(CC(N)c1cc2c(cc1F)NC(=O)CC2)C(N)=O. The summed E-state index contributed by atoms with van der Waals surface area (Å²) in [7, 11) is 0. The summed E-state index contributed by atoms with van der Waals surface area (Å²) in [6.07, 6.45) is 1.19. The number of amides is 2. The van der Waals surface area contributed by atoms with Crippen LogP contribution >= 0.6 is 0 Å². The predicted octanol–water partition coefficient (Wildman–Crippen LogP) is 1.61. The summed E-state index contributed by atoms with van der Waals surface area (Å²) in [5.41, 5.74) is 12.3. The normalized spacial score (nSPS) is 16.1. The Hall–Kier alpha value is -1.95. The highest BCUT2D eigenvalue weighted by atomic mass is 19.1. The maximum Gasteiger partial charge on any atom is 0.224 e. The molecule has 0 aliphatic carbocycles. The van der Waals surface area contributed by atoms with E-state index in [-0.39, 0.29) is 12.3 Å². The molecule has 1 aromatic carbocycles. The molecule has 1 aliphatic rings. The second-order valence-electron chi connectivity index (χ2n) is 6.14. The summed E-state index contributed by atoms with van der Waals surface area (Å²) in [6.45, 7) is 3.37. The van der Waals surface area contributed by atoms with Crippen LogP contribution in [0.5, 0.6) is 0 Å². The van der Waals surface area contributed by atoms with Crippen LogP contribution in [0.1, 0.15) is 43.9 Å². The van der Waals surface area contributed by atoms with Crippen LogP contribution in [0.3, 0.4) is 0 Å². The number of nitrogens with one attached hydrogen (secondary N) is 1. The lowest BCUT2D eigenvalue weighted by atomic mass is 9.82. The molecule has 0 radical (unpaired) electrons. The average molecular weight is 293 g/mol. The first kappa shape index (κ1) is 15.4. The quantitative estimate of drug-likeness (QED) is 0.786. The van der Waals surface area contributed by atoms with Crippen LogP contribution in [0.2, 0.25) is 0 Å². The van der Waals surface area contributed by atoms with Crippen molar-refractivity contribution in [1.82, 2.24) is 0 Å². The Morgan fingerprint density at radius 1 is 1.43 bits per heavy atom. The molecule has 1 aliphatic heterocycles. The third kappa shape index (κ3) is 3.21. The molecule has 114 valence electrons. The van der Waals surface area contributed by atoms with Gasteiger partial charge in [-0.3, -0.25) is 9.59 Å². The van der Waals surface area contributed by atoms with Crippen molar-refractivity contribution in [3.63, 3.8) is 0 Å². The van der Waals surface area contributed by atoms with Gasteiger partial charge in [-0.15, -0.1) is 0 Å². The maximum atomic E-state index is 14.2. The predicted molar refractivity (Wildman–Crippen MR) is 77.9 cm³/mol. The second-order valence-corrected chi connectivity index (χ2v) is 6.14. The number of carbonyl (C=O) groups excluding carboxylic acids is 2. The molecule has 0 saturated heterocycles. The molecule has 1 unspecified atom stereocenters. The first-order valence-electron chi connectivity index (χ1n) is 6.88. The number of nitrogens with two attached hydrogens (primary N) is 2. The van der Waals surface area contributed by atoms with Gasteiger partial charge in [-0.05, 0) is 30.5 Å². The molecule has 1 heterocycles. The van der Waals surface area contributed by atoms with Crippen LogP contribution in [0.25, 0.3) is 0 Å². The monoisotopic (exact) mass is 293 g/mol. The van der Waals surface area contributed by atoms with Gasteiger partial charge in [0.1, 0.15) is 5.82 Å². The van der Waals surface area contributed by atoms with Gasteiger partial charge >= 0.3 is 0 Å². The number of aryl methyl sites for hydroxylation is 1. The van der Waals surface area contributed by atoms with Crippen molar-refractivity contribution in [1.29, 1.82) is 0 Å². The summed E-state index contributed by atoms with van der Waals surface area (Å²) in [5.74, 6) is -1.07. The van der Waals surface area contributed by atoms with Crippen LogP contribution in [-0.2, 0) is 16.0 Å². The maximum absolute atomic E-state index is 14.2. The molecule has 5 nitrogen and oxygen atoms in total. The summed E-state index contributed by atoms with van der Waals surface area (Å²) in [4.78, 5) is 22.7. The molecule has 21 heavy (non-hydrogen) atoms. The van der Waals surface area contributed by atoms with Gasteiger partial charge in [-0.2, -0.15) is 0 Å². The highest BCUT2D eigenvalue weighted by molar-refractivity contribution is 5.93. The molecule has 1 aromatic rings. The highest BCUT2D eigenvalue weighted by Gasteiger charge is 2.30. The smallest absolute Gasteiger partial charge is 0.224 e. The van der Waals surface area contributed by atoms with Gasteiger partial charge < -0.3 is 16.8 Å². The lowest BCUT2D eigenvalue weighted by Crippen LogP contribution is -2.35. The fraction of sp³-hybridized carbons (Fsp3) is 0.467. The molecule has 0 bridgehead atoms. The summed E-state index contributed by atoms with van der Waals surface area (Å²) < 4.78 is 14.2. The van der Waals surface area contributed by atoms with Crippen LogP contribution in [0, 0.1) is 11.2 Å². The van der Waals surface area contributed by atoms with Crippen LogP contribution in [0.15, 0.2) is 12.1 Å². The second kappa shape index (κ2) is 5.44. The van der Waals surface area contributed by atoms with Crippen LogP contribution in [0.4, 0.5) is 10.1 Å². The topological polar surface area (TPSA) is 98.2 Å². The van der Waals surface area contributed by atoms with Crippen molar-refractivity contribution in [2.24, 2.45) is 16.9 Å². The third-order valence-electron chi connectivity index (χ3n) is 3.91. The van der Waals surface area contributed by atoms with Gasteiger partial charge in [-0.25, -0.2) is 4.39 Å². The van der Waals surface area contributed by atoms with Crippen LogP contribution in [-0.4, -0.2) is 11.8 Å². The fourth-order valence-electron chi connectivity index (χ4n) is 2.47. The minimum absolute atomic E-state index is 0.117. The molecular weight excluding hydrogens is 273 g/mol. The summed E-state index contributed by atoms with van der Waals surface area (Å²) >= 11 is 0. The van der Waals surface area contributed by atoms with E-state index in [9.17, 15) is 14.0 Å². The van der Waals surface area contributed by atoms with Gasteiger partial charge in [0, 0.05) is 29.1 Å². The Kier molecular flexibility index (Phi) is 4.00. The summed E-state index contributed by atoms with van der Waals surface area (Å²) in [6, 6.07) is 2.33. The van der Waals surface area contributed by atoms with Gasteiger partial charge in [0.25, 0.3) is 0 Å². The van der Waals surface area contributed by atoms with Crippen molar-refractivity contribution >= 4 is 17.5 Å². The zero-order chi connectivity index (χ0) is 15.8. The Labute approximate surface area is 122 Å². The molecule has 0 saturated carbocycles. The van der Waals surface area contributed by atoms with E-state index in [1.54, 1.807) is 19.9 Å². The molecule has 2 rings (SSSR count). The van der Waals surface area contributed by atoms with E-state index in [4.69, 9.17) is 11.5 Å². The molecule has 6 heteroatoms. The van der Waals surface area contributed by atoms with E-state index < -0.39 is 23.2 Å². The Balaban J connectivity index is 2.28. The molecule has 5 N–H and O–H groups in total. The zero-order valence-electron chi connectivity index (χ0n) is 12.2. The number of hydrogen-bond acceptors (Lipinski definition) is 3. The largest absolute Gasteiger partial charge is 0.369 e. The van der Waals surface area contributed by atoms with E-state index in [0.717, 1.165) is 5.56 Å². The number of anilines is 1. The Morgan fingerprint density at radius 2 is 2.10 bits per heavy atom. The van der Waals surface area contributed by atoms with E-state index in [0.29, 0.717) is 24.1 Å². The fourth-order valence-corrected chi connectivity index (χ4v) is 2.47. The van der Waals surface area contributed by atoms with E-state index >= 15 is 0 Å². The van der Waals surface area contributed by atoms with Crippen molar-refractivity contribution < 1.29 is 14.0 Å². The minimum Gasteiger partial charge on any atom is -0.369 e. The lowest BCUT2D eigenvalue weighted by molar-refractivity contribution is -0.126. The Bertz CT molecular complexity index is 599. The van der Waals surface area contributed by atoms with Gasteiger partial charge in [-0.1, -0.05) is 13.8 Å². The zero-order valence-corrected chi connectivity index (χ0v) is 12.2. The van der Waals surface area contributed by atoms with Crippen molar-refractivity contribution in [3.8, 4) is 0 Å². The molecule has 0 fully saturated rings. The van der Waals surface area contributed by atoms with Gasteiger partial charge in [0.15, 0.2) is 0 Å². The number of fused-ring (bicyclic) bond motifs is 1. The first-order chi connectivity index (χ1) is 9.70. The Morgan fingerprint density at radius 3 is 2.71 bits per heavy atom. The molecular formula is C15H20FN3O2. The first-order valence-corrected chi connectivity index (χ1v) is 6.88. The van der Waals surface area contributed by atoms with Gasteiger partial charge in [0.05, 0.1) is 0 Å². The van der Waals surface area contributed by atoms with Gasteiger partial charge in [0.2, 0.25) is 11.8 Å². The summed E-state index contributed by atoms with van der Waals surface area (Å²) in [5, 5.41) is 2.64. The molecule has 2 amide bonds. The lowest BCUT2D eigenvalue weighted by Gasteiger charge is -2.26. The van der Waals surface area contributed by atoms with E-state index in [1.807, 2.05) is 0 Å². The van der Waals surface area contributed by atoms with E-state index in [1.165, 1.54) is 6.07 Å². The number of rotatable bonds is 4. The number of benzene rings is 1. The van der Waals surface area contributed by atoms with Crippen molar-refractivity contribution in [3.05, 3.63) is 29.1 Å². The molecule has 0 aromatic heterocycles. The highest BCUT2D eigenvalue weighted by Crippen LogP contribution is 2.33. The number of hydrogen-bond donors (Lipinski definition) is 3. The average Bonchev–Trinajstić information content (AvgIpc) is 2.36. The van der Waals surface area contributed by atoms with Crippen molar-refractivity contribution in [2.75, 3.05) is 5.32 Å². The van der Waals surface area contributed by atoms with Crippen LogP contribution < -0.4 is 16.8 Å². The number of halogens is 1.